The van der Waals surface area contributed by atoms with Crippen LogP contribution in [0.15, 0.2) is 23.2 Å². The van der Waals surface area contributed by atoms with Gasteiger partial charge in [-0.1, -0.05) is 0 Å². The molecule has 72 valence electrons. The van der Waals surface area contributed by atoms with Crippen LogP contribution in [0.2, 0.25) is 0 Å². The fourth-order valence-electron chi connectivity index (χ4n) is 1.21. The summed E-state index contributed by atoms with van der Waals surface area (Å²) in [5, 5.41) is 9.57. The number of ether oxygens (including phenoxy) is 2. The van der Waals surface area contributed by atoms with Gasteiger partial charge in [0.2, 0.25) is 11.5 Å². The van der Waals surface area contributed by atoms with Crippen LogP contribution in [0.1, 0.15) is 6.92 Å². The summed E-state index contributed by atoms with van der Waals surface area (Å²) in [6.07, 6.45) is 0.462. The standard InChI is InChI=1S/C9H12O4/c1-5-4-6(10)8(12-2)9(13-3)7(5)11/h4,7,11H,1-3H3. The van der Waals surface area contributed by atoms with Crippen LogP contribution in [-0.2, 0) is 14.3 Å². The van der Waals surface area contributed by atoms with Crippen LogP contribution in [0.25, 0.3) is 0 Å². The summed E-state index contributed by atoms with van der Waals surface area (Å²) in [7, 11) is 2.76. The molecule has 0 radical (unpaired) electrons. The molecule has 0 saturated heterocycles. The molecule has 13 heavy (non-hydrogen) atoms. The number of carbonyl (C=O) groups excluding carboxylic acids is 1. The maximum atomic E-state index is 11.3. The van der Waals surface area contributed by atoms with Gasteiger partial charge in [-0.05, 0) is 18.6 Å². The highest BCUT2D eigenvalue weighted by Gasteiger charge is 2.28. The van der Waals surface area contributed by atoms with Gasteiger partial charge in [0.1, 0.15) is 6.10 Å². The molecule has 0 aromatic heterocycles. The lowest BCUT2D eigenvalue weighted by molar-refractivity contribution is -0.115. The van der Waals surface area contributed by atoms with Gasteiger partial charge < -0.3 is 14.6 Å². The quantitative estimate of drug-likeness (QED) is 0.674. The number of allylic oxidation sites excluding steroid dienone is 1. The van der Waals surface area contributed by atoms with E-state index in [0.29, 0.717) is 5.57 Å². The number of carbonyl (C=O) groups is 1. The van der Waals surface area contributed by atoms with Crippen LogP contribution < -0.4 is 0 Å². The summed E-state index contributed by atoms with van der Waals surface area (Å²) in [6.45, 7) is 1.66. The zero-order chi connectivity index (χ0) is 10.0. The summed E-state index contributed by atoms with van der Waals surface area (Å²) < 4.78 is 9.72. The Bertz CT molecular complexity index is 288. The van der Waals surface area contributed by atoms with Gasteiger partial charge in [0.15, 0.2) is 5.76 Å². The molecule has 0 aromatic carbocycles. The molecule has 0 heterocycles. The lowest BCUT2D eigenvalue weighted by Gasteiger charge is -2.20. The fourth-order valence-corrected chi connectivity index (χ4v) is 1.21. The largest absolute Gasteiger partial charge is 0.494 e. The highest BCUT2D eigenvalue weighted by atomic mass is 16.5. The number of methoxy groups -OCH3 is 2. The molecule has 1 aliphatic rings. The van der Waals surface area contributed by atoms with Crippen molar-refractivity contribution in [3.63, 3.8) is 0 Å². The number of hydrogen-bond donors (Lipinski definition) is 1. The van der Waals surface area contributed by atoms with E-state index in [1.54, 1.807) is 6.92 Å². The minimum Gasteiger partial charge on any atom is -0.494 e. The molecule has 4 heteroatoms. The minimum atomic E-state index is -0.877. The first-order valence-corrected chi connectivity index (χ1v) is 3.84. The summed E-state index contributed by atoms with van der Waals surface area (Å²) in [5.41, 5.74) is 0.558. The molecule has 0 aliphatic heterocycles. The van der Waals surface area contributed by atoms with Gasteiger partial charge in [-0.2, -0.15) is 0 Å². The van der Waals surface area contributed by atoms with Crippen molar-refractivity contribution in [2.45, 2.75) is 13.0 Å². The van der Waals surface area contributed by atoms with Gasteiger partial charge in [-0.15, -0.1) is 0 Å². The van der Waals surface area contributed by atoms with Crippen LogP contribution in [0.4, 0.5) is 0 Å². The Kier molecular flexibility index (Phi) is 2.72. The average Bonchev–Trinajstić information content (AvgIpc) is 2.10. The zero-order valence-corrected chi connectivity index (χ0v) is 7.83. The molecule has 1 aliphatic carbocycles. The SMILES string of the molecule is COC1=C(OC)C(O)C(C)=CC1=O. The molecule has 0 fully saturated rings. The molecule has 1 atom stereocenters. The van der Waals surface area contributed by atoms with E-state index in [9.17, 15) is 9.90 Å². The minimum absolute atomic E-state index is 0.0700. The van der Waals surface area contributed by atoms with Gasteiger partial charge >= 0.3 is 0 Å². The second kappa shape index (κ2) is 3.62. The van der Waals surface area contributed by atoms with Crippen LogP contribution in [-0.4, -0.2) is 31.2 Å². The van der Waals surface area contributed by atoms with E-state index < -0.39 is 6.10 Å². The van der Waals surface area contributed by atoms with Gasteiger partial charge in [0.05, 0.1) is 14.2 Å². The first-order chi connectivity index (χ1) is 6.11. The third-order valence-corrected chi connectivity index (χ3v) is 1.91. The summed E-state index contributed by atoms with van der Waals surface area (Å²) in [4.78, 5) is 11.3. The Morgan fingerprint density at radius 1 is 1.38 bits per heavy atom. The van der Waals surface area contributed by atoms with E-state index in [4.69, 9.17) is 9.47 Å². The number of aliphatic hydroxyl groups is 1. The Hall–Kier alpha value is -1.29. The zero-order valence-electron chi connectivity index (χ0n) is 7.83. The third kappa shape index (κ3) is 1.58. The van der Waals surface area contributed by atoms with E-state index in [1.807, 2.05) is 0 Å². The average molecular weight is 184 g/mol. The maximum Gasteiger partial charge on any atom is 0.224 e. The first kappa shape index (κ1) is 9.80. The van der Waals surface area contributed by atoms with Crippen molar-refractivity contribution in [1.29, 1.82) is 0 Å². The molecular weight excluding hydrogens is 172 g/mol. The molecule has 1 N–H and O–H groups in total. The number of ketones is 1. The maximum absolute atomic E-state index is 11.3. The molecule has 0 spiro atoms. The van der Waals surface area contributed by atoms with Crippen molar-refractivity contribution in [2.75, 3.05) is 14.2 Å². The number of aliphatic hydroxyl groups excluding tert-OH is 1. The molecule has 1 unspecified atom stereocenters. The van der Waals surface area contributed by atoms with E-state index in [0.717, 1.165) is 0 Å². The Morgan fingerprint density at radius 2 is 2.00 bits per heavy atom. The number of rotatable bonds is 2. The Balaban J connectivity index is 3.11. The van der Waals surface area contributed by atoms with Crippen molar-refractivity contribution in [2.24, 2.45) is 0 Å². The van der Waals surface area contributed by atoms with Crippen molar-refractivity contribution in [3.8, 4) is 0 Å². The van der Waals surface area contributed by atoms with Crippen LogP contribution in [0.3, 0.4) is 0 Å². The van der Waals surface area contributed by atoms with E-state index in [2.05, 4.69) is 0 Å². The second-order valence-corrected chi connectivity index (χ2v) is 2.76. The van der Waals surface area contributed by atoms with Gasteiger partial charge in [0, 0.05) is 0 Å². The highest BCUT2D eigenvalue weighted by Crippen LogP contribution is 2.23. The molecule has 4 nitrogen and oxygen atoms in total. The van der Waals surface area contributed by atoms with Gasteiger partial charge in [-0.3, -0.25) is 4.79 Å². The summed E-state index contributed by atoms with van der Waals surface area (Å²) >= 11 is 0. The van der Waals surface area contributed by atoms with Crippen molar-refractivity contribution in [3.05, 3.63) is 23.2 Å². The molecule has 0 aromatic rings. The predicted octanol–water partition coefficient (Wildman–Crippen LogP) is 0.381. The Labute approximate surface area is 76.5 Å². The molecular formula is C9H12O4. The van der Waals surface area contributed by atoms with Gasteiger partial charge in [0.25, 0.3) is 0 Å². The van der Waals surface area contributed by atoms with E-state index in [1.165, 1.54) is 20.3 Å². The molecule has 0 amide bonds. The topological polar surface area (TPSA) is 55.8 Å². The van der Waals surface area contributed by atoms with E-state index >= 15 is 0 Å². The van der Waals surface area contributed by atoms with Crippen LogP contribution in [0.5, 0.6) is 0 Å². The summed E-state index contributed by atoms with van der Waals surface area (Å²) in [6, 6.07) is 0. The number of hydrogen-bond acceptors (Lipinski definition) is 4. The second-order valence-electron chi connectivity index (χ2n) is 2.76. The molecule has 1 rings (SSSR count). The highest BCUT2D eigenvalue weighted by molar-refractivity contribution is 6.04. The normalized spacial score (nSPS) is 22.9. The van der Waals surface area contributed by atoms with Gasteiger partial charge in [-0.25, -0.2) is 0 Å². The van der Waals surface area contributed by atoms with Crippen molar-refractivity contribution >= 4 is 5.78 Å². The third-order valence-electron chi connectivity index (χ3n) is 1.91. The lowest BCUT2D eigenvalue weighted by atomic mass is 10.0. The molecule has 0 bridgehead atoms. The van der Waals surface area contributed by atoms with Crippen LogP contribution >= 0.6 is 0 Å². The monoisotopic (exact) mass is 184 g/mol. The van der Waals surface area contributed by atoms with E-state index in [-0.39, 0.29) is 17.3 Å². The fraction of sp³-hybridized carbons (Fsp3) is 0.444. The summed E-state index contributed by atoms with van der Waals surface area (Å²) in [5.74, 6) is -0.0322. The molecule has 0 saturated carbocycles. The van der Waals surface area contributed by atoms with Crippen molar-refractivity contribution < 1.29 is 19.4 Å². The van der Waals surface area contributed by atoms with Crippen LogP contribution in [0, 0.1) is 0 Å². The Morgan fingerprint density at radius 3 is 2.46 bits per heavy atom. The lowest BCUT2D eigenvalue weighted by Crippen LogP contribution is -2.24. The first-order valence-electron chi connectivity index (χ1n) is 3.84. The smallest absolute Gasteiger partial charge is 0.224 e. The van der Waals surface area contributed by atoms with Crippen molar-refractivity contribution in [1.82, 2.24) is 0 Å². The predicted molar refractivity (Wildman–Crippen MR) is 45.8 cm³/mol.